The van der Waals surface area contributed by atoms with Crippen LogP contribution < -0.4 is 4.74 Å². The van der Waals surface area contributed by atoms with E-state index in [0.29, 0.717) is 16.2 Å². The smallest absolute Gasteiger partial charge is 0.404 e. The molecule has 1 aromatic carbocycles. The van der Waals surface area contributed by atoms with Crippen LogP contribution in [0.5, 0.6) is 5.75 Å². The second kappa shape index (κ2) is 4.01. The lowest BCUT2D eigenvalue weighted by Crippen LogP contribution is -2.17. The normalized spacial score (nSPS) is 12.0. The number of ether oxygens (including phenoxy) is 1. The molecule has 1 heterocycles. The van der Waals surface area contributed by atoms with E-state index < -0.39 is 6.36 Å². The number of hydrogen-bond donors (Lipinski definition) is 1. The Morgan fingerprint density at radius 3 is 2.69 bits per heavy atom. The highest BCUT2D eigenvalue weighted by Gasteiger charge is 2.32. The van der Waals surface area contributed by atoms with Crippen LogP contribution in [-0.4, -0.2) is 11.3 Å². The van der Waals surface area contributed by atoms with E-state index in [1.165, 1.54) is 6.07 Å². The summed E-state index contributed by atoms with van der Waals surface area (Å²) in [6, 6.07) is 4.86. The average Bonchev–Trinajstić information content (AvgIpc) is 2.63. The zero-order valence-corrected chi connectivity index (χ0v) is 9.52. The molecule has 0 bridgehead atoms. The van der Waals surface area contributed by atoms with E-state index in [1.807, 2.05) is 0 Å². The van der Waals surface area contributed by atoms with Crippen molar-refractivity contribution in [3.8, 4) is 5.75 Å². The average molecular weight is 294 g/mol. The molecule has 0 aliphatic carbocycles. The van der Waals surface area contributed by atoms with Gasteiger partial charge in [-0.25, -0.2) is 0 Å². The molecular weight excluding hydrogens is 287 g/mol. The zero-order chi connectivity index (χ0) is 11.8. The Balaban J connectivity index is 2.52. The van der Waals surface area contributed by atoms with Gasteiger partial charge in [-0.2, -0.15) is 0 Å². The Morgan fingerprint density at radius 2 is 2.06 bits per heavy atom. The summed E-state index contributed by atoms with van der Waals surface area (Å²) in [7, 11) is 0. The molecule has 1 N–H and O–H groups in total. The maximum Gasteiger partial charge on any atom is 0.573 e. The van der Waals surface area contributed by atoms with E-state index >= 15 is 0 Å². The predicted molar refractivity (Wildman–Crippen MR) is 57.6 cm³/mol. The molecule has 2 nitrogen and oxygen atoms in total. The van der Waals surface area contributed by atoms with Gasteiger partial charge in [0.15, 0.2) is 5.75 Å². The minimum atomic E-state index is -4.68. The van der Waals surface area contributed by atoms with Crippen LogP contribution in [0.3, 0.4) is 0 Å². The Hall–Kier alpha value is -1.17. The molecule has 0 atom stereocenters. The van der Waals surface area contributed by atoms with E-state index in [0.717, 1.165) is 5.56 Å². The van der Waals surface area contributed by atoms with Gasteiger partial charge in [-0.15, -0.1) is 13.2 Å². The molecule has 0 spiro atoms. The number of rotatable bonds is 2. The van der Waals surface area contributed by atoms with E-state index in [1.54, 1.807) is 18.3 Å². The summed E-state index contributed by atoms with van der Waals surface area (Å²) in [5, 5.41) is 1.17. The van der Waals surface area contributed by atoms with Crippen LogP contribution in [0.25, 0.3) is 10.9 Å². The molecular formula is C10H7BrF3NO. The highest BCUT2D eigenvalue weighted by atomic mass is 79.9. The van der Waals surface area contributed by atoms with Gasteiger partial charge in [-0.1, -0.05) is 15.9 Å². The van der Waals surface area contributed by atoms with Crippen molar-refractivity contribution in [1.82, 2.24) is 4.98 Å². The highest BCUT2D eigenvalue weighted by molar-refractivity contribution is 9.08. The molecule has 2 aromatic rings. The number of H-pyrrole nitrogens is 1. The largest absolute Gasteiger partial charge is 0.573 e. The quantitative estimate of drug-likeness (QED) is 0.833. The molecule has 0 saturated carbocycles. The van der Waals surface area contributed by atoms with Gasteiger partial charge in [0.1, 0.15) is 0 Å². The maximum absolute atomic E-state index is 12.2. The number of nitrogens with one attached hydrogen (secondary N) is 1. The van der Waals surface area contributed by atoms with Crippen LogP contribution in [0.15, 0.2) is 24.4 Å². The SMILES string of the molecule is FC(F)(F)Oc1cc(CBr)cc2cc[nH]c12. The number of aromatic nitrogens is 1. The van der Waals surface area contributed by atoms with E-state index in [2.05, 4.69) is 25.7 Å². The lowest BCUT2D eigenvalue weighted by molar-refractivity contribution is -0.274. The van der Waals surface area contributed by atoms with Crippen LogP contribution in [0.2, 0.25) is 0 Å². The number of alkyl halides is 4. The second-order valence-electron chi connectivity index (χ2n) is 3.22. The van der Waals surface area contributed by atoms with Crippen molar-refractivity contribution in [1.29, 1.82) is 0 Å². The van der Waals surface area contributed by atoms with Crippen molar-refractivity contribution in [2.45, 2.75) is 11.7 Å². The van der Waals surface area contributed by atoms with E-state index in [4.69, 9.17) is 0 Å². The molecule has 2 rings (SSSR count). The van der Waals surface area contributed by atoms with Crippen LogP contribution in [0.4, 0.5) is 13.2 Å². The Bertz CT molecular complexity index is 506. The van der Waals surface area contributed by atoms with Gasteiger partial charge in [-0.05, 0) is 23.8 Å². The van der Waals surface area contributed by atoms with E-state index in [-0.39, 0.29) is 5.75 Å². The topological polar surface area (TPSA) is 25.0 Å². The summed E-state index contributed by atoms with van der Waals surface area (Å²) < 4.78 is 40.5. The molecule has 0 saturated heterocycles. The van der Waals surface area contributed by atoms with Gasteiger partial charge in [0.05, 0.1) is 5.52 Å². The molecule has 0 aliphatic rings. The molecule has 86 valence electrons. The minimum absolute atomic E-state index is 0.204. The molecule has 0 fully saturated rings. The summed E-state index contributed by atoms with van der Waals surface area (Å²) in [5.74, 6) is -0.204. The second-order valence-corrected chi connectivity index (χ2v) is 3.78. The lowest BCUT2D eigenvalue weighted by atomic mass is 10.1. The van der Waals surface area contributed by atoms with Crippen molar-refractivity contribution < 1.29 is 17.9 Å². The summed E-state index contributed by atoms with van der Waals surface area (Å²) >= 11 is 3.20. The standard InChI is InChI=1S/C10H7BrF3NO/c11-5-6-3-7-1-2-15-9(7)8(4-6)16-10(12,13)14/h1-4,15H,5H2. The number of hydrogen-bond acceptors (Lipinski definition) is 1. The molecule has 0 radical (unpaired) electrons. The van der Waals surface area contributed by atoms with Gasteiger partial charge in [0.25, 0.3) is 0 Å². The first-order valence-electron chi connectivity index (χ1n) is 4.41. The Morgan fingerprint density at radius 1 is 1.31 bits per heavy atom. The summed E-state index contributed by atoms with van der Waals surface area (Å²) in [5.41, 5.74) is 1.08. The predicted octanol–water partition coefficient (Wildman–Crippen LogP) is 3.96. The van der Waals surface area contributed by atoms with Gasteiger partial charge in [0, 0.05) is 16.9 Å². The van der Waals surface area contributed by atoms with Crippen LogP contribution in [-0.2, 0) is 5.33 Å². The first kappa shape index (κ1) is 11.3. The van der Waals surface area contributed by atoms with Crippen molar-refractivity contribution in [3.05, 3.63) is 30.0 Å². The van der Waals surface area contributed by atoms with Crippen LogP contribution >= 0.6 is 15.9 Å². The third-order valence-electron chi connectivity index (χ3n) is 2.06. The maximum atomic E-state index is 12.2. The number of fused-ring (bicyclic) bond motifs is 1. The van der Waals surface area contributed by atoms with E-state index in [9.17, 15) is 13.2 Å². The Labute approximate surface area is 97.5 Å². The van der Waals surface area contributed by atoms with Gasteiger partial charge < -0.3 is 9.72 Å². The highest BCUT2D eigenvalue weighted by Crippen LogP contribution is 2.31. The number of aromatic amines is 1. The third-order valence-corrected chi connectivity index (χ3v) is 2.71. The van der Waals surface area contributed by atoms with Crippen molar-refractivity contribution >= 4 is 26.8 Å². The van der Waals surface area contributed by atoms with Crippen LogP contribution in [0.1, 0.15) is 5.56 Å². The molecule has 1 aromatic heterocycles. The minimum Gasteiger partial charge on any atom is -0.404 e. The summed E-state index contributed by atoms with van der Waals surface area (Å²) in [4.78, 5) is 2.72. The molecule has 6 heteroatoms. The fourth-order valence-electron chi connectivity index (χ4n) is 1.48. The summed E-state index contributed by atoms with van der Waals surface area (Å²) in [6.07, 6.45) is -3.10. The zero-order valence-electron chi connectivity index (χ0n) is 7.94. The third kappa shape index (κ3) is 2.32. The molecule has 0 unspecified atom stereocenters. The summed E-state index contributed by atoms with van der Waals surface area (Å²) in [6.45, 7) is 0. The number of benzene rings is 1. The van der Waals surface area contributed by atoms with Crippen molar-refractivity contribution in [2.75, 3.05) is 0 Å². The number of halogens is 4. The first-order chi connectivity index (χ1) is 7.49. The fourth-order valence-corrected chi connectivity index (χ4v) is 1.80. The molecule has 16 heavy (non-hydrogen) atoms. The van der Waals surface area contributed by atoms with Gasteiger partial charge >= 0.3 is 6.36 Å². The van der Waals surface area contributed by atoms with Crippen molar-refractivity contribution in [2.24, 2.45) is 0 Å². The fraction of sp³-hybridized carbons (Fsp3) is 0.200. The Kier molecular flexibility index (Phi) is 2.84. The molecule has 0 aliphatic heterocycles. The molecule has 0 amide bonds. The monoisotopic (exact) mass is 293 g/mol. The lowest BCUT2D eigenvalue weighted by Gasteiger charge is -2.10. The van der Waals surface area contributed by atoms with Crippen molar-refractivity contribution in [3.63, 3.8) is 0 Å². The van der Waals surface area contributed by atoms with Gasteiger partial charge in [0.2, 0.25) is 0 Å². The van der Waals surface area contributed by atoms with Crippen LogP contribution in [0, 0.1) is 0 Å². The first-order valence-corrected chi connectivity index (χ1v) is 5.53. The van der Waals surface area contributed by atoms with Gasteiger partial charge in [-0.3, -0.25) is 0 Å².